The minimum absolute atomic E-state index is 0.267. The molecule has 0 saturated carbocycles. The van der Waals surface area contributed by atoms with Crippen LogP contribution in [0.25, 0.3) is 33.4 Å². The van der Waals surface area contributed by atoms with Gasteiger partial charge in [-0.05, 0) is 41.5 Å². The number of nitrogens with one attached hydrogen (secondary N) is 1. The first kappa shape index (κ1) is 20.9. The molecule has 1 amide bonds. The molecule has 0 atom stereocenters. The number of hydrogen-bond acceptors (Lipinski definition) is 6. The minimum Gasteiger partial charge on any atom is -0.493 e. The lowest BCUT2D eigenvalue weighted by Gasteiger charge is -2.13. The highest BCUT2D eigenvalue weighted by atomic mass is 16.5. The number of methoxy groups -OCH3 is 2. The summed E-state index contributed by atoms with van der Waals surface area (Å²) in [6.45, 7) is 3.48. The Kier molecular flexibility index (Phi) is 5.51. The molecule has 0 unspecified atom stereocenters. The molecule has 0 bridgehead atoms. The van der Waals surface area contributed by atoms with E-state index in [0.717, 1.165) is 27.8 Å². The second-order valence-electron chi connectivity index (χ2n) is 7.08. The van der Waals surface area contributed by atoms with E-state index in [1.54, 1.807) is 14.2 Å². The van der Waals surface area contributed by atoms with Crippen molar-refractivity contribution >= 4 is 28.4 Å². The van der Waals surface area contributed by atoms with Crippen LogP contribution in [0.4, 0.5) is 11.5 Å². The van der Waals surface area contributed by atoms with Crippen LogP contribution in [0, 0.1) is 0 Å². The van der Waals surface area contributed by atoms with E-state index in [-0.39, 0.29) is 5.91 Å². The second kappa shape index (κ2) is 8.43. The maximum atomic E-state index is 11.6. The maximum Gasteiger partial charge on any atom is 0.247 e. The molecule has 3 N–H and O–H groups in total. The quantitative estimate of drug-likeness (QED) is 0.449. The van der Waals surface area contributed by atoms with Gasteiger partial charge in [0.05, 0.1) is 25.3 Å². The van der Waals surface area contributed by atoms with Crippen molar-refractivity contribution in [3.63, 3.8) is 0 Å². The summed E-state index contributed by atoms with van der Waals surface area (Å²) in [5.74, 6) is 1.35. The molecule has 0 fully saturated rings. The molecule has 0 radical (unpaired) electrons. The van der Waals surface area contributed by atoms with Crippen LogP contribution in [0.1, 0.15) is 0 Å². The summed E-state index contributed by atoms with van der Waals surface area (Å²) in [5, 5.41) is 3.51. The SMILES string of the molecule is C=CC(=O)Nc1ccc(-c2c(-c3ccc(OC)c(OC)c3)c3c(N)ncnc3n2C)cc1. The van der Waals surface area contributed by atoms with Crippen molar-refractivity contribution in [2.75, 3.05) is 25.3 Å². The van der Waals surface area contributed by atoms with Crippen molar-refractivity contribution in [2.24, 2.45) is 7.05 Å². The first-order chi connectivity index (χ1) is 15.5. The largest absolute Gasteiger partial charge is 0.493 e. The standard InChI is InChI=1S/C24H23N5O3/c1-5-19(30)28-16-9-6-14(7-10-16)22-20(15-8-11-17(31-3)18(12-15)32-4)21-23(25)26-13-27-24(21)29(22)2/h5-13H,1H2,2-4H3,(H,28,30)(H2,25,26,27). The number of nitrogen functional groups attached to an aromatic ring is 1. The number of benzene rings is 2. The molecule has 2 aromatic carbocycles. The van der Waals surface area contributed by atoms with Gasteiger partial charge in [-0.25, -0.2) is 9.97 Å². The zero-order valence-electron chi connectivity index (χ0n) is 18.0. The summed E-state index contributed by atoms with van der Waals surface area (Å²) in [5.41, 5.74) is 11.3. The number of aromatic nitrogens is 3. The van der Waals surface area contributed by atoms with Gasteiger partial charge < -0.3 is 25.1 Å². The summed E-state index contributed by atoms with van der Waals surface area (Å²) < 4.78 is 12.9. The number of hydrogen-bond donors (Lipinski definition) is 2. The van der Waals surface area contributed by atoms with Gasteiger partial charge in [-0.1, -0.05) is 24.8 Å². The van der Waals surface area contributed by atoms with E-state index in [2.05, 4.69) is 21.9 Å². The highest BCUT2D eigenvalue weighted by molar-refractivity contribution is 6.08. The predicted octanol–water partition coefficient (Wildman–Crippen LogP) is 4.03. The molecule has 4 aromatic rings. The van der Waals surface area contributed by atoms with Crippen LogP contribution in [0.15, 0.2) is 61.4 Å². The molecule has 162 valence electrons. The van der Waals surface area contributed by atoms with Gasteiger partial charge in [0, 0.05) is 18.3 Å². The van der Waals surface area contributed by atoms with E-state index in [9.17, 15) is 4.79 Å². The van der Waals surface area contributed by atoms with E-state index < -0.39 is 0 Å². The molecule has 0 aliphatic carbocycles. The Hall–Kier alpha value is -4.33. The van der Waals surface area contributed by atoms with Crippen molar-refractivity contribution in [1.82, 2.24) is 14.5 Å². The highest BCUT2D eigenvalue weighted by Gasteiger charge is 2.22. The fraction of sp³-hybridized carbons (Fsp3) is 0.125. The highest BCUT2D eigenvalue weighted by Crippen LogP contribution is 2.43. The van der Waals surface area contributed by atoms with E-state index in [0.29, 0.717) is 28.7 Å². The molecule has 2 aromatic heterocycles. The molecule has 8 nitrogen and oxygen atoms in total. The molecule has 2 heterocycles. The second-order valence-corrected chi connectivity index (χ2v) is 7.08. The molecule has 0 saturated heterocycles. The summed E-state index contributed by atoms with van der Waals surface area (Å²) >= 11 is 0. The van der Waals surface area contributed by atoms with Crippen molar-refractivity contribution in [1.29, 1.82) is 0 Å². The monoisotopic (exact) mass is 429 g/mol. The first-order valence-electron chi connectivity index (χ1n) is 9.83. The average Bonchev–Trinajstić information content (AvgIpc) is 3.12. The number of anilines is 2. The number of carbonyl (C=O) groups excluding carboxylic acids is 1. The van der Waals surface area contributed by atoms with Crippen LogP contribution in [0.5, 0.6) is 11.5 Å². The van der Waals surface area contributed by atoms with E-state index >= 15 is 0 Å². The topological polar surface area (TPSA) is 104 Å². The van der Waals surface area contributed by atoms with Crippen molar-refractivity contribution in [2.45, 2.75) is 0 Å². The number of rotatable bonds is 6. The number of carbonyl (C=O) groups is 1. The molecule has 0 aliphatic heterocycles. The Bertz CT molecular complexity index is 1330. The Morgan fingerprint density at radius 2 is 1.75 bits per heavy atom. The van der Waals surface area contributed by atoms with Crippen LogP contribution < -0.4 is 20.5 Å². The van der Waals surface area contributed by atoms with Crippen LogP contribution in [0.3, 0.4) is 0 Å². The fourth-order valence-corrected chi connectivity index (χ4v) is 3.79. The molecule has 0 aliphatic rings. The van der Waals surface area contributed by atoms with Crippen molar-refractivity contribution in [3.8, 4) is 33.9 Å². The number of ether oxygens (including phenoxy) is 2. The van der Waals surface area contributed by atoms with Gasteiger partial charge in [0.2, 0.25) is 5.91 Å². The van der Waals surface area contributed by atoms with E-state index in [4.69, 9.17) is 15.2 Å². The van der Waals surface area contributed by atoms with Gasteiger partial charge in [0.25, 0.3) is 0 Å². The lowest BCUT2D eigenvalue weighted by atomic mass is 9.98. The van der Waals surface area contributed by atoms with Gasteiger partial charge in [-0.2, -0.15) is 0 Å². The summed E-state index contributed by atoms with van der Waals surface area (Å²) in [6.07, 6.45) is 2.68. The Morgan fingerprint density at radius 3 is 2.41 bits per heavy atom. The van der Waals surface area contributed by atoms with Gasteiger partial charge >= 0.3 is 0 Å². The molecule has 8 heteroatoms. The summed E-state index contributed by atoms with van der Waals surface area (Å²) in [6, 6.07) is 13.2. The molecular formula is C24H23N5O3. The Labute approximate surface area is 185 Å². The zero-order chi connectivity index (χ0) is 22.8. The number of amides is 1. The third kappa shape index (κ3) is 3.51. The molecule has 0 spiro atoms. The molecule has 32 heavy (non-hydrogen) atoms. The van der Waals surface area contributed by atoms with Crippen LogP contribution in [-0.2, 0) is 11.8 Å². The smallest absolute Gasteiger partial charge is 0.247 e. The van der Waals surface area contributed by atoms with E-state index in [1.807, 2.05) is 54.1 Å². The van der Waals surface area contributed by atoms with Crippen LogP contribution >= 0.6 is 0 Å². The molecular weight excluding hydrogens is 406 g/mol. The van der Waals surface area contributed by atoms with Gasteiger partial charge in [-0.3, -0.25) is 4.79 Å². The molecule has 4 rings (SSSR count). The number of fused-ring (bicyclic) bond motifs is 1. The van der Waals surface area contributed by atoms with Crippen LogP contribution in [0.2, 0.25) is 0 Å². The predicted molar refractivity (Wildman–Crippen MR) is 126 cm³/mol. The number of aryl methyl sites for hydroxylation is 1. The normalized spacial score (nSPS) is 10.7. The maximum absolute atomic E-state index is 11.6. The van der Waals surface area contributed by atoms with E-state index in [1.165, 1.54) is 12.4 Å². The lowest BCUT2D eigenvalue weighted by Crippen LogP contribution is -2.06. The van der Waals surface area contributed by atoms with Crippen molar-refractivity contribution < 1.29 is 14.3 Å². The van der Waals surface area contributed by atoms with Gasteiger partial charge in [0.15, 0.2) is 11.5 Å². The summed E-state index contributed by atoms with van der Waals surface area (Å²) in [4.78, 5) is 20.3. The third-order valence-corrected chi connectivity index (χ3v) is 5.28. The number of nitrogens with two attached hydrogens (primary N) is 1. The number of nitrogens with zero attached hydrogens (tertiary/aromatic N) is 3. The van der Waals surface area contributed by atoms with Gasteiger partial charge in [0.1, 0.15) is 17.8 Å². The lowest BCUT2D eigenvalue weighted by molar-refractivity contribution is -0.111. The first-order valence-corrected chi connectivity index (χ1v) is 9.83. The minimum atomic E-state index is -0.267. The zero-order valence-corrected chi connectivity index (χ0v) is 18.0. The fourth-order valence-electron chi connectivity index (χ4n) is 3.79. The average molecular weight is 429 g/mol. The Balaban J connectivity index is 1.96. The summed E-state index contributed by atoms with van der Waals surface area (Å²) in [7, 11) is 5.13. The Morgan fingerprint density at radius 1 is 1.06 bits per heavy atom. The van der Waals surface area contributed by atoms with Gasteiger partial charge in [-0.15, -0.1) is 0 Å². The third-order valence-electron chi connectivity index (χ3n) is 5.28. The van der Waals surface area contributed by atoms with Crippen molar-refractivity contribution in [3.05, 3.63) is 61.4 Å². The van der Waals surface area contributed by atoms with Crippen LogP contribution in [-0.4, -0.2) is 34.7 Å².